The van der Waals surface area contributed by atoms with Gasteiger partial charge in [0.25, 0.3) is 0 Å². The Morgan fingerprint density at radius 3 is 2.59 bits per heavy atom. The Morgan fingerprint density at radius 1 is 1.12 bits per heavy atom. The molecule has 2 aromatic carbocycles. The maximum absolute atomic E-state index is 12.8. The first-order valence-electron chi connectivity index (χ1n) is 10.8. The standard InChI is InChI=1S/C23H27N3O5S/c1-16(2)17-6-5-7-18(14-17)24-22(27)10-13-26-20-9-8-19(15-21(20)31-23(26)28)32(29,30)25-11-3-4-12-25/h5-9,14-16H,3-4,10-13H2,1-2H3,(H,24,27). The predicted octanol–water partition coefficient (Wildman–Crippen LogP) is 3.53. The van der Waals surface area contributed by atoms with Crippen molar-refractivity contribution in [1.82, 2.24) is 8.87 Å². The molecule has 0 aliphatic carbocycles. The van der Waals surface area contributed by atoms with E-state index in [2.05, 4.69) is 19.2 Å². The Kier molecular flexibility index (Phi) is 6.21. The Bertz CT molecular complexity index is 1300. The zero-order valence-corrected chi connectivity index (χ0v) is 19.0. The third-order valence-electron chi connectivity index (χ3n) is 5.74. The van der Waals surface area contributed by atoms with Crippen LogP contribution in [0.3, 0.4) is 0 Å². The molecule has 32 heavy (non-hydrogen) atoms. The molecule has 0 spiro atoms. The first-order chi connectivity index (χ1) is 15.3. The molecule has 0 radical (unpaired) electrons. The van der Waals surface area contributed by atoms with Crippen molar-refractivity contribution in [3.8, 4) is 0 Å². The van der Waals surface area contributed by atoms with E-state index < -0.39 is 15.8 Å². The van der Waals surface area contributed by atoms with Gasteiger partial charge in [0.2, 0.25) is 15.9 Å². The number of aryl methyl sites for hydroxylation is 1. The third kappa shape index (κ3) is 4.49. The van der Waals surface area contributed by atoms with Crippen molar-refractivity contribution in [1.29, 1.82) is 0 Å². The normalized spacial score (nSPS) is 15.0. The third-order valence-corrected chi connectivity index (χ3v) is 7.64. The fourth-order valence-electron chi connectivity index (χ4n) is 3.91. The quantitative estimate of drug-likeness (QED) is 0.585. The van der Waals surface area contributed by atoms with Crippen molar-refractivity contribution in [2.75, 3.05) is 18.4 Å². The van der Waals surface area contributed by atoms with Crippen LogP contribution < -0.4 is 11.1 Å². The minimum absolute atomic E-state index is 0.0777. The average Bonchev–Trinajstić information content (AvgIpc) is 3.40. The molecule has 1 amide bonds. The number of benzene rings is 2. The lowest BCUT2D eigenvalue weighted by Gasteiger charge is -2.15. The molecule has 170 valence electrons. The van der Waals surface area contributed by atoms with Crippen molar-refractivity contribution >= 4 is 32.7 Å². The number of oxazole rings is 1. The second-order valence-corrected chi connectivity index (χ2v) is 10.3. The number of rotatable bonds is 7. The number of amides is 1. The summed E-state index contributed by atoms with van der Waals surface area (Å²) < 4.78 is 33.6. The van der Waals surface area contributed by atoms with Crippen LogP contribution in [0.1, 0.15) is 44.6 Å². The molecular weight excluding hydrogens is 430 g/mol. The molecule has 1 aliphatic heterocycles. The van der Waals surface area contributed by atoms with Gasteiger partial charge in [-0.3, -0.25) is 9.36 Å². The molecule has 1 aliphatic rings. The number of anilines is 1. The number of fused-ring (bicyclic) bond motifs is 1. The van der Waals surface area contributed by atoms with E-state index in [0.29, 0.717) is 30.2 Å². The lowest BCUT2D eigenvalue weighted by Crippen LogP contribution is -2.27. The van der Waals surface area contributed by atoms with E-state index in [9.17, 15) is 18.0 Å². The molecule has 1 saturated heterocycles. The molecular formula is C23H27N3O5S. The van der Waals surface area contributed by atoms with E-state index in [4.69, 9.17) is 4.42 Å². The summed E-state index contributed by atoms with van der Waals surface area (Å²) in [6.45, 7) is 5.29. The summed E-state index contributed by atoms with van der Waals surface area (Å²) in [5, 5.41) is 2.86. The van der Waals surface area contributed by atoms with Crippen LogP contribution in [0.2, 0.25) is 0 Å². The van der Waals surface area contributed by atoms with Crippen LogP contribution in [0.4, 0.5) is 5.69 Å². The van der Waals surface area contributed by atoms with Crippen molar-refractivity contribution in [2.45, 2.75) is 50.5 Å². The minimum Gasteiger partial charge on any atom is -0.408 e. The van der Waals surface area contributed by atoms with Gasteiger partial charge in [-0.1, -0.05) is 26.0 Å². The number of carbonyl (C=O) groups excluding carboxylic acids is 1. The fraction of sp³-hybridized carbons (Fsp3) is 0.391. The summed E-state index contributed by atoms with van der Waals surface area (Å²) in [6.07, 6.45) is 1.77. The zero-order valence-electron chi connectivity index (χ0n) is 18.2. The molecule has 1 N–H and O–H groups in total. The summed E-state index contributed by atoms with van der Waals surface area (Å²) in [4.78, 5) is 24.9. The van der Waals surface area contributed by atoms with Crippen LogP contribution in [-0.4, -0.2) is 36.3 Å². The molecule has 0 atom stereocenters. The van der Waals surface area contributed by atoms with E-state index >= 15 is 0 Å². The van der Waals surface area contributed by atoms with Gasteiger partial charge in [-0.25, -0.2) is 13.2 Å². The van der Waals surface area contributed by atoms with E-state index in [-0.39, 0.29) is 29.4 Å². The Labute approximate surface area is 186 Å². The zero-order chi connectivity index (χ0) is 22.9. The summed E-state index contributed by atoms with van der Waals surface area (Å²) in [7, 11) is -3.61. The average molecular weight is 458 g/mol. The molecule has 1 aromatic heterocycles. The van der Waals surface area contributed by atoms with Gasteiger partial charge in [0, 0.05) is 37.8 Å². The van der Waals surface area contributed by atoms with Crippen LogP contribution in [0, 0.1) is 0 Å². The first-order valence-corrected chi connectivity index (χ1v) is 12.2. The van der Waals surface area contributed by atoms with Crippen molar-refractivity contribution in [2.24, 2.45) is 0 Å². The van der Waals surface area contributed by atoms with Gasteiger partial charge in [-0.05, 0) is 48.6 Å². The SMILES string of the molecule is CC(C)c1cccc(NC(=O)CCn2c(=O)oc3cc(S(=O)(=O)N4CCCC4)ccc32)c1. The van der Waals surface area contributed by atoms with E-state index in [1.165, 1.54) is 21.0 Å². The van der Waals surface area contributed by atoms with Crippen molar-refractivity contribution in [3.05, 3.63) is 58.6 Å². The maximum Gasteiger partial charge on any atom is 0.419 e. The highest BCUT2D eigenvalue weighted by Gasteiger charge is 2.28. The molecule has 4 rings (SSSR count). The van der Waals surface area contributed by atoms with Crippen molar-refractivity contribution < 1.29 is 17.6 Å². The Hall–Kier alpha value is -2.91. The molecule has 0 unspecified atom stereocenters. The van der Waals surface area contributed by atoms with Gasteiger partial charge < -0.3 is 9.73 Å². The number of sulfonamides is 1. The fourth-order valence-corrected chi connectivity index (χ4v) is 5.44. The Morgan fingerprint density at radius 2 is 1.88 bits per heavy atom. The molecule has 0 bridgehead atoms. The van der Waals surface area contributed by atoms with E-state index in [1.54, 1.807) is 6.07 Å². The van der Waals surface area contributed by atoms with E-state index in [0.717, 1.165) is 18.4 Å². The minimum atomic E-state index is -3.61. The van der Waals surface area contributed by atoms with Crippen LogP contribution in [0.25, 0.3) is 11.1 Å². The lowest BCUT2D eigenvalue weighted by atomic mass is 10.0. The number of hydrogen-bond acceptors (Lipinski definition) is 5. The predicted molar refractivity (Wildman–Crippen MR) is 122 cm³/mol. The first kappa shape index (κ1) is 22.3. The topological polar surface area (TPSA) is 102 Å². The summed E-state index contributed by atoms with van der Waals surface area (Å²) in [5.41, 5.74) is 2.49. The van der Waals surface area contributed by atoms with Gasteiger partial charge >= 0.3 is 5.76 Å². The molecule has 9 heteroatoms. The second-order valence-electron chi connectivity index (χ2n) is 8.34. The van der Waals surface area contributed by atoms with Crippen LogP contribution in [0.5, 0.6) is 0 Å². The van der Waals surface area contributed by atoms with Gasteiger partial charge in [-0.15, -0.1) is 0 Å². The largest absolute Gasteiger partial charge is 0.419 e. The number of nitrogens with one attached hydrogen (secondary N) is 1. The van der Waals surface area contributed by atoms with Gasteiger partial charge in [0.05, 0.1) is 10.4 Å². The molecule has 8 nitrogen and oxygen atoms in total. The van der Waals surface area contributed by atoms with Crippen molar-refractivity contribution in [3.63, 3.8) is 0 Å². The highest BCUT2D eigenvalue weighted by molar-refractivity contribution is 7.89. The van der Waals surface area contributed by atoms with E-state index in [1.807, 2.05) is 24.3 Å². The number of carbonyl (C=O) groups is 1. The molecule has 3 aromatic rings. The van der Waals surface area contributed by atoms with Gasteiger partial charge in [0.15, 0.2) is 5.58 Å². The smallest absolute Gasteiger partial charge is 0.408 e. The highest BCUT2D eigenvalue weighted by Crippen LogP contribution is 2.24. The molecule has 1 fully saturated rings. The molecule has 0 saturated carbocycles. The highest BCUT2D eigenvalue weighted by atomic mass is 32.2. The monoisotopic (exact) mass is 457 g/mol. The summed E-state index contributed by atoms with van der Waals surface area (Å²) >= 11 is 0. The number of hydrogen-bond donors (Lipinski definition) is 1. The summed E-state index contributed by atoms with van der Waals surface area (Å²) in [5.74, 6) is -0.493. The maximum atomic E-state index is 12.8. The second kappa shape index (κ2) is 8.91. The van der Waals surface area contributed by atoms with Crippen LogP contribution in [0.15, 0.2) is 56.6 Å². The van der Waals surface area contributed by atoms with Crippen LogP contribution in [-0.2, 0) is 21.4 Å². The van der Waals surface area contributed by atoms with Gasteiger partial charge in [-0.2, -0.15) is 4.31 Å². The Balaban J connectivity index is 1.49. The van der Waals surface area contributed by atoms with Crippen LogP contribution >= 0.6 is 0 Å². The number of nitrogens with zero attached hydrogens (tertiary/aromatic N) is 2. The van der Waals surface area contributed by atoms with Gasteiger partial charge in [0.1, 0.15) is 0 Å². The number of aromatic nitrogens is 1. The summed E-state index contributed by atoms with van der Waals surface area (Å²) in [6, 6.07) is 12.1. The molecule has 2 heterocycles. The lowest BCUT2D eigenvalue weighted by molar-refractivity contribution is -0.116.